The largest absolute Gasteiger partial charge is 0.497 e. The lowest BCUT2D eigenvalue weighted by atomic mass is 9.91. The molecule has 1 amide bonds. The van der Waals surface area contributed by atoms with Gasteiger partial charge in [-0.3, -0.25) is 4.79 Å². The standard InChI is InChI=1S/C23H24F3N3O3/c1-14-21-18(23(24,25)26)13-19(27-22(21)32-28-14)16-9-11-29(12-10-16)20(30)8-5-15-3-6-17(31-2)7-4-15/h3-4,6-7,13,16H,5,8-12H2,1-2H3. The van der Waals surface area contributed by atoms with E-state index < -0.39 is 11.7 Å². The van der Waals surface area contributed by atoms with E-state index in [2.05, 4.69) is 10.1 Å². The first-order valence-electron chi connectivity index (χ1n) is 10.5. The minimum Gasteiger partial charge on any atom is -0.497 e. The molecule has 1 aromatic carbocycles. The molecule has 0 radical (unpaired) electrons. The topological polar surface area (TPSA) is 68.5 Å². The van der Waals surface area contributed by atoms with Crippen molar-refractivity contribution in [3.63, 3.8) is 0 Å². The van der Waals surface area contributed by atoms with Gasteiger partial charge in [-0.05, 0) is 49.9 Å². The van der Waals surface area contributed by atoms with Crippen LogP contribution in [0, 0.1) is 6.92 Å². The molecule has 6 nitrogen and oxygen atoms in total. The molecule has 0 spiro atoms. The Hall–Kier alpha value is -3.10. The summed E-state index contributed by atoms with van der Waals surface area (Å²) in [5.41, 5.74) is 0.697. The Morgan fingerprint density at radius 3 is 2.53 bits per heavy atom. The fourth-order valence-electron chi connectivity index (χ4n) is 4.17. The normalized spacial score (nSPS) is 15.3. The molecule has 170 valence electrons. The molecule has 0 N–H and O–H groups in total. The van der Waals surface area contributed by atoms with Crippen LogP contribution in [0.25, 0.3) is 11.1 Å². The van der Waals surface area contributed by atoms with Crippen LogP contribution in [0.3, 0.4) is 0 Å². The van der Waals surface area contributed by atoms with Gasteiger partial charge in [0.1, 0.15) is 5.75 Å². The minimum atomic E-state index is -4.52. The van der Waals surface area contributed by atoms with Gasteiger partial charge in [0.15, 0.2) is 0 Å². The van der Waals surface area contributed by atoms with Gasteiger partial charge in [-0.15, -0.1) is 0 Å². The third-order valence-corrected chi connectivity index (χ3v) is 5.99. The van der Waals surface area contributed by atoms with E-state index in [0.29, 0.717) is 44.5 Å². The monoisotopic (exact) mass is 447 g/mol. The number of halogens is 3. The molecule has 3 heterocycles. The van der Waals surface area contributed by atoms with E-state index in [1.54, 1.807) is 12.0 Å². The number of aryl methyl sites for hydroxylation is 2. The van der Waals surface area contributed by atoms with Gasteiger partial charge < -0.3 is 14.2 Å². The quantitative estimate of drug-likeness (QED) is 0.557. The second-order valence-corrected chi connectivity index (χ2v) is 8.04. The Morgan fingerprint density at radius 2 is 1.91 bits per heavy atom. The van der Waals surface area contributed by atoms with Gasteiger partial charge in [-0.25, -0.2) is 4.98 Å². The van der Waals surface area contributed by atoms with Gasteiger partial charge in [0.2, 0.25) is 5.91 Å². The molecule has 0 aliphatic carbocycles. The summed E-state index contributed by atoms with van der Waals surface area (Å²) in [6, 6.07) is 8.70. The summed E-state index contributed by atoms with van der Waals surface area (Å²) in [4.78, 5) is 18.7. The highest BCUT2D eigenvalue weighted by atomic mass is 19.4. The van der Waals surface area contributed by atoms with Crippen LogP contribution in [0.15, 0.2) is 34.9 Å². The number of piperidine rings is 1. The van der Waals surface area contributed by atoms with E-state index >= 15 is 0 Å². The molecule has 1 saturated heterocycles. The molecule has 9 heteroatoms. The van der Waals surface area contributed by atoms with E-state index in [-0.39, 0.29) is 28.6 Å². The molecule has 0 unspecified atom stereocenters. The number of pyridine rings is 1. The SMILES string of the molecule is COc1ccc(CCC(=O)N2CCC(c3cc(C(F)(F)F)c4c(C)noc4n3)CC2)cc1. The van der Waals surface area contributed by atoms with E-state index in [9.17, 15) is 18.0 Å². The molecule has 1 aliphatic heterocycles. The average molecular weight is 447 g/mol. The molecule has 32 heavy (non-hydrogen) atoms. The fraction of sp³-hybridized carbons (Fsp3) is 0.435. The molecular formula is C23H24F3N3O3. The van der Waals surface area contributed by atoms with Gasteiger partial charge in [-0.1, -0.05) is 17.3 Å². The number of fused-ring (bicyclic) bond motifs is 1. The maximum atomic E-state index is 13.6. The predicted octanol–water partition coefficient (Wildman–Crippen LogP) is 4.90. The lowest BCUT2D eigenvalue weighted by Crippen LogP contribution is -2.38. The Kier molecular flexibility index (Phi) is 6.08. The number of carbonyl (C=O) groups is 1. The number of amides is 1. The predicted molar refractivity (Wildman–Crippen MR) is 111 cm³/mol. The van der Waals surface area contributed by atoms with Crippen molar-refractivity contribution in [3.05, 3.63) is 52.8 Å². The van der Waals surface area contributed by atoms with Crippen molar-refractivity contribution in [1.82, 2.24) is 15.0 Å². The summed E-state index contributed by atoms with van der Waals surface area (Å²) in [7, 11) is 1.60. The Bertz CT molecular complexity index is 1100. The van der Waals surface area contributed by atoms with Gasteiger partial charge in [0, 0.05) is 31.1 Å². The minimum absolute atomic E-state index is 0.0459. The Morgan fingerprint density at radius 1 is 1.22 bits per heavy atom. The van der Waals surface area contributed by atoms with Gasteiger partial charge in [0.05, 0.1) is 23.8 Å². The van der Waals surface area contributed by atoms with Crippen LogP contribution in [0.1, 0.15) is 47.7 Å². The van der Waals surface area contributed by atoms with Crippen molar-refractivity contribution >= 4 is 17.0 Å². The second kappa shape index (κ2) is 8.80. The number of ether oxygens (including phenoxy) is 1. The molecule has 2 aromatic heterocycles. The summed E-state index contributed by atoms with van der Waals surface area (Å²) in [5, 5.41) is 3.56. The lowest BCUT2D eigenvalue weighted by molar-refractivity contribution is -0.136. The van der Waals surface area contributed by atoms with Crippen LogP contribution < -0.4 is 4.74 Å². The average Bonchev–Trinajstić information content (AvgIpc) is 3.17. The molecule has 4 rings (SSSR count). The van der Waals surface area contributed by atoms with Crippen molar-refractivity contribution in [1.29, 1.82) is 0 Å². The zero-order valence-electron chi connectivity index (χ0n) is 17.9. The molecule has 1 fully saturated rings. The lowest BCUT2D eigenvalue weighted by Gasteiger charge is -2.32. The maximum Gasteiger partial charge on any atom is 0.417 e. The maximum absolute atomic E-state index is 13.6. The third-order valence-electron chi connectivity index (χ3n) is 5.99. The number of alkyl halides is 3. The molecule has 0 bridgehead atoms. The summed E-state index contributed by atoms with van der Waals surface area (Å²) >= 11 is 0. The van der Waals surface area contributed by atoms with Gasteiger partial charge in [-0.2, -0.15) is 13.2 Å². The first kappa shape index (κ1) is 22.1. The van der Waals surface area contributed by atoms with Crippen LogP contribution in [-0.2, 0) is 17.4 Å². The molecular weight excluding hydrogens is 423 g/mol. The highest BCUT2D eigenvalue weighted by Crippen LogP contribution is 2.38. The Labute approximate surface area is 183 Å². The number of hydrogen-bond donors (Lipinski definition) is 0. The zero-order valence-corrected chi connectivity index (χ0v) is 17.9. The van der Waals surface area contributed by atoms with Crippen LogP contribution in [0.4, 0.5) is 13.2 Å². The van der Waals surface area contributed by atoms with Crippen LogP contribution in [0.2, 0.25) is 0 Å². The first-order chi connectivity index (χ1) is 15.3. The summed E-state index contributed by atoms with van der Waals surface area (Å²) in [5.74, 6) is 0.643. The summed E-state index contributed by atoms with van der Waals surface area (Å²) in [6.45, 7) is 2.45. The molecule has 3 aromatic rings. The van der Waals surface area contributed by atoms with Crippen molar-refractivity contribution in [2.45, 2.75) is 44.7 Å². The number of hydrogen-bond acceptors (Lipinski definition) is 5. The van der Waals surface area contributed by atoms with E-state index in [0.717, 1.165) is 17.4 Å². The number of rotatable bonds is 5. The van der Waals surface area contributed by atoms with Crippen molar-refractivity contribution in [3.8, 4) is 5.75 Å². The molecule has 1 aliphatic rings. The number of likely N-dealkylation sites (tertiary alicyclic amines) is 1. The molecule has 0 atom stereocenters. The number of nitrogens with zero attached hydrogens (tertiary/aromatic N) is 3. The number of aromatic nitrogens is 2. The highest BCUT2D eigenvalue weighted by molar-refractivity contribution is 5.81. The van der Waals surface area contributed by atoms with Crippen LogP contribution >= 0.6 is 0 Å². The summed E-state index contributed by atoms with van der Waals surface area (Å²) < 4.78 is 51.0. The first-order valence-corrected chi connectivity index (χ1v) is 10.5. The van der Waals surface area contributed by atoms with Gasteiger partial charge >= 0.3 is 6.18 Å². The second-order valence-electron chi connectivity index (χ2n) is 8.04. The number of carbonyl (C=O) groups excluding carboxylic acids is 1. The molecule has 0 saturated carbocycles. The van der Waals surface area contributed by atoms with E-state index in [1.807, 2.05) is 24.3 Å². The number of benzene rings is 1. The zero-order chi connectivity index (χ0) is 22.9. The van der Waals surface area contributed by atoms with Crippen LogP contribution in [0.5, 0.6) is 5.75 Å². The Balaban J connectivity index is 1.40. The van der Waals surface area contributed by atoms with E-state index in [1.165, 1.54) is 6.92 Å². The summed E-state index contributed by atoms with van der Waals surface area (Å²) in [6.07, 6.45) is -2.41. The smallest absolute Gasteiger partial charge is 0.417 e. The van der Waals surface area contributed by atoms with Gasteiger partial charge in [0.25, 0.3) is 5.71 Å². The van der Waals surface area contributed by atoms with E-state index in [4.69, 9.17) is 9.26 Å². The van der Waals surface area contributed by atoms with Crippen molar-refractivity contribution in [2.24, 2.45) is 0 Å². The third kappa shape index (κ3) is 4.56. The van der Waals surface area contributed by atoms with Crippen molar-refractivity contribution < 1.29 is 27.2 Å². The highest BCUT2D eigenvalue weighted by Gasteiger charge is 2.37. The number of methoxy groups -OCH3 is 1. The van der Waals surface area contributed by atoms with Crippen LogP contribution in [-0.4, -0.2) is 41.1 Å². The van der Waals surface area contributed by atoms with Crippen molar-refractivity contribution in [2.75, 3.05) is 20.2 Å². The fourth-order valence-corrected chi connectivity index (χ4v) is 4.17.